The third-order valence-corrected chi connectivity index (χ3v) is 5.10. The number of hydrogen-bond donors (Lipinski definition) is 2. The van der Waals surface area contributed by atoms with Crippen molar-refractivity contribution in [1.29, 1.82) is 0 Å². The molecule has 1 aromatic heterocycles. The van der Waals surface area contributed by atoms with E-state index in [-0.39, 0.29) is 5.92 Å². The summed E-state index contributed by atoms with van der Waals surface area (Å²) in [5, 5.41) is 11.7. The Morgan fingerprint density at radius 1 is 1.41 bits per heavy atom. The Morgan fingerprint density at radius 3 is 3.00 bits per heavy atom. The van der Waals surface area contributed by atoms with Gasteiger partial charge in [-0.25, -0.2) is 0 Å². The summed E-state index contributed by atoms with van der Waals surface area (Å²) in [5.41, 5.74) is 1.17. The molecule has 0 amide bonds. The number of anilines is 1. The smallest absolute Gasteiger partial charge is 0.226 e. The summed E-state index contributed by atoms with van der Waals surface area (Å²) in [6.07, 6.45) is 2.68. The van der Waals surface area contributed by atoms with E-state index in [2.05, 4.69) is 52.5 Å². The number of benzene rings is 1. The summed E-state index contributed by atoms with van der Waals surface area (Å²) in [7, 11) is 0. The fourth-order valence-corrected chi connectivity index (χ4v) is 3.51. The average Bonchev–Trinajstić information content (AvgIpc) is 3.35. The summed E-state index contributed by atoms with van der Waals surface area (Å²) in [5.74, 6) is 2.60. The Hall–Kier alpha value is -2.28. The standard InChI is InChI=1S/C21H31ClN6O/c1-4-23-21(24-11-6-9-19-26-20(15(2)3)27-29-19)25-17-10-12-28(14-17)18-8-5-7-16(22)13-18/h5,7-8,13,15,17H,4,6,9-12,14H2,1-3H3,(H2,23,24,25). The Labute approximate surface area is 177 Å². The third-order valence-electron chi connectivity index (χ3n) is 4.87. The van der Waals surface area contributed by atoms with Gasteiger partial charge >= 0.3 is 0 Å². The first kappa shape index (κ1) is 21.4. The van der Waals surface area contributed by atoms with Crippen molar-refractivity contribution >= 4 is 23.2 Å². The van der Waals surface area contributed by atoms with E-state index in [0.717, 1.165) is 55.7 Å². The molecule has 8 heteroatoms. The molecule has 158 valence electrons. The second-order valence-corrected chi connectivity index (χ2v) is 8.06. The third kappa shape index (κ3) is 6.35. The van der Waals surface area contributed by atoms with Gasteiger partial charge in [0.15, 0.2) is 11.8 Å². The number of hydrogen-bond acceptors (Lipinski definition) is 5. The Morgan fingerprint density at radius 2 is 2.28 bits per heavy atom. The molecule has 1 atom stereocenters. The molecule has 29 heavy (non-hydrogen) atoms. The minimum Gasteiger partial charge on any atom is -0.369 e. The fourth-order valence-electron chi connectivity index (χ4n) is 3.32. The highest BCUT2D eigenvalue weighted by Gasteiger charge is 2.23. The van der Waals surface area contributed by atoms with Crippen molar-refractivity contribution < 1.29 is 4.52 Å². The van der Waals surface area contributed by atoms with Crippen LogP contribution in [-0.4, -0.2) is 48.3 Å². The van der Waals surface area contributed by atoms with Crippen LogP contribution in [0.5, 0.6) is 0 Å². The first-order valence-corrected chi connectivity index (χ1v) is 10.8. The molecule has 1 aliphatic rings. The predicted molar refractivity (Wildman–Crippen MR) is 118 cm³/mol. The van der Waals surface area contributed by atoms with Gasteiger partial charge in [-0.15, -0.1) is 0 Å². The van der Waals surface area contributed by atoms with Crippen molar-refractivity contribution in [2.45, 2.75) is 52.0 Å². The first-order valence-electron chi connectivity index (χ1n) is 10.4. The van der Waals surface area contributed by atoms with E-state index in [1.54, 1.807) is 0 Å². The lowest BCUT2D eigenvalue weighted by atomic mass is 10.2. The van der Waals surface area contributed by atoms with Gasteiger partial charge in [0.05, 0.1) is 0 Å². The maximum atomic E-state index is 6.13. The van der Waals surface area contributed by atoms with Crippen molar-refractivity contribution in [2.75, 3.05) is 31.1 Å². The van der Waals surface area contributed by atoms with Crippen LogP contribution in [0.2, 0.25) is 5.02 Å². The summed E-state index contributed by atoms with van der Waals surface area (Å²) in [6.45, 7) is 9.68. The molecular formula is C21H31ClN6O. The van der Waals surface area contributed by atoms with Crippen LogP contribution in [0.25, 0.3) is 0 Å². The first-order chi connectivity index (χ1) is 14.0. The van der Waals surface area contributed by atoms with Gasteiger partial charge < -0.3 is 20.1 Å². The molecule has 0 radical (unpaired) electrons. The van der Waals surface area contributed by atoms with E-state index >= 15 is 0 Å². The van der Waals surface area contributed by atoms with E-state index in [0.29, 0.717) is 18.5 Å². The van der Waals surface area contributed by atoms with Crippen molar-refractivity contribution in [3.63, 3.8) is 0 Å². The molecule has 0 bridgehead atoms. The largest absolute Gasteiger partial charge is 0.369 e. The number of guanidine groups is 1. The molecule has 1 unspecified atom stereocenters. The van der Waals surface area contributed by atoms with Gasteiger partial charge in [0.2, 0.25) is 5.89 Å². The lowest BCUT2D eigenvalue weighted by Crippen LogP contribution is -2.44. The zero-order valence-electron chi connectivity index (χ0n) is 17.5. The molecule has 1 aromatic carbocycles. The quantitative estimate of drug-likeness (QED) is 0.387. The zero-order valence-corrected chi connectivity index (χ0v) is 18.2. The number of aryl methyl sites for hydroxylation is 1. The van der Waals surface area contributed by atoms with E-state index in [1.807, 2.05) is 18.2 Å². The van der Waals surface area contributed by atoms with Crippen LogP contribution in [-0.2, 0) is 6.42 Å². The van der Waals surface area contributed by atoms with Crippen molar-refractivity contribution in [3.8, 4) is 0 Å². The monoisotopic (exact) mass is 418 g/mol. The number of aromatic nitrogens is 2. The van der Waals surface area contributed by atoms with E-state index in [4.69, 9.17) is 21.1 Å². The minimum atomic E-state index is 0.285. The van der Waals surface area contributed by atoms with Gasteiger partial charge in [-0.2, -0.15) is 4.98 Å². The predicted octanol–water partition coefficient (Wildman–Crippen LogP) is 3.61. The molecule has 1 aliphatic heterocycles. The topological polar surface area (TPSA) is 78.6 Å². The number of rotatable bonds is 8. The average molecular weight is 419 g/mol. The summed E-state index contributed by atoms with van der Waals surface area (Å²) in [6, 6.07) is 8.39. The highest BCUT2D eigenvalue weighted by Crippen LogP contribution is 2.23. The maximum Gasteiger partial charge on any atom is 0.226 e. The van der Waals surface area contributed by atoms with Crippen LogP contribution in [0.1, 0.15) is 51.2 Å². The highest BCUT2D eigenvalue weighted by atomic mass is 35.5. The van der Waals surface area contributed by atoms with Crippen molar-refractivity contribution in [1.82, 2.24) is 20.8 Å². The molecule has 1 fully saturated rings. The number of nitrogens with zero attached hydrogens (tertiary/aromatic N) is 4. The van der Waals surface area contributed by atoms with Crippen LogP contribution in [0.3, 0.4) is 0 Å². The molecule has 2 aromatic rings. The molecule has 7 nitrogen and oxygen atoms in total. The summed E-state index contributed by atoms with van der Waals surface area (Å²) < 4.78 is 5.29. The molecule has 2 heterocycles. The van der Waals surface area contributed by atoms with Crippen LogP contribution < -0.4 is 15.5 Å². The molecule has 3 rings (SSSR count). The van der Waals surface area contributed by atoms with Crippen LogP contribution in [0.4, 0.5) is 5.69 Å². The van der Waals surface area contributed by atoms with Crippen LogP contribution >= 0.6 is 11.6 Å². The second kappa shape index (κ2) is 10.5. The fraction of sp³-hybridized carbons (Fsp3) is 0.571. The second-order valence-electron chi connectivity index (χ2n) is 7.62. The van der Waals surface area contributed by atoms with Crippen LogP contribution in [0.15, 0.2) is 33.8 Å². The van der Waals surface area contributed by atoms with Crippen molar-refractivity contribution in [3.05, 3.63) is 41.0 Å². The molecule has 0 aliphatic carbocycles. The van der Waals surface area contributed by atoms with Crippen LogP contribution in [0, 0.1) is 0 Å². The Bertz CT molecular complexity index is 806. The van der Waals surface area contributed by atoms with Crippen molar-refractivity contribution in [2.24, 2.45) is 4.99 Å². The molecular weight excluding hydrogens is 388 g/mol. The van der Waals surface area contributed by atoms with Gasteiger partial charge in [-0.3, -0.25) is 4.99 Å². The van der Waals surface area contributed by atoms with Gasteiger partial charge in [0.25, 0.3) is 0 Å². The lowest BCUT2D eigenvalue weighted by molar-refractivity contribution is 0.369. The van der Waals surface area contributed by atoms with Gasteiger partial charge in [-0.1, -0.05) is 36.7 Å². The van der Waals surface area contributed by atoms with E-state index in [1.165, 1.54) is 5.69 Å². The number of nitrogens with one attached hydrogen (secondary N) is 2. The van der Waals surface area contributed by atoms with Gasteiger partial charge in [0.1, 0.15) is 0 Å². The molecule has 0 spiro atoms. The number of halogens is 1. The SMILES string of the molecule is CCNC(=NCCCc1nc(C(C)C)no1)NC1CCN(c2cccc(Cl)c2)C1. The summed E-state index contributed by atoms with van der Waals surface area (Å²) >= 11 is 6.13. The van der Waals surface area contributed by atoms with E-state index in [9.17, 15) is 0 Å². The van der Waals surface area contributed by atoms with Gasteiger partial charge in [0, 0.05) is 55.3 Å². The highest BCUT2D eigenvalue weighted by molar-refractivity contribution is 6.30. The minimum absolute atomic E-state index is 0.285. The van der Waals surface area contributed by atoms with E-state index < -0.39 is 0 Å². The zero-order chi connectivity index (χ0) is 20.6. The lowest BCUT2D eigenvalue weighted by Gasteiger charge is -2.20. The number of aliphatic imine (C=N–C) groups is 1. The molecule has 1 saturated heterocycles. The normalized spacial score (nSPS) is 17.2. The summed E-state index contributed by atoms with van der Waals surface area (Å²) in [4.78, 5) is 11.5. The maximum absolute atomic E-state index is 6.13. The van der Waals surface area contributed by atoms with Gasteiger partial charge in [-0.05, 0) is 38.0 Å². The molecule has 0 saturated carbocycles. The Kier molecular flexibility index (Phi) is 7.75. The Balaban J connectivity index is 1.47. The molecule has 2 N–H and O–H groups in total.